The zero-order valence-electron chi connectivity index (χ0n) is 11.8. The maximum absolute atomic E-state index is 12.9. The first-order valence-electron chi connectivity index (χ1n) is 7.01. The highest BCUT2D eigenvalue weighted by Crippen LogP contribution is 2.31. The molecule has 0 saturated carbocycles. The molecule has 0 radical (unpaired) electrons. The van der Waals surface area contributed by atoms with E-state index >= 15 is 0 Å². The molecule has 21 heavy (non-hydrogen) atoms. The lowest BCUT2D eigenvalue weighted by atomic mass is 10.00. The van der Waals surface area contributed by atoms with Gasteiger partial charge >= 0.3 is 0 Å². The van der Waals surface area contributed by atoms with Crippen molar-refractivity contribution in [2.45, 2.75) is 32.2 Å². The second-order valence-electron chi connectivity index (χ2n) is 5.24. The Morgan fingerprint density at radius 3 is 3.05 bits per heavy atom. The summed E-state index contributed by atoms with van der Waals surface area (Å²) in [5.74, 6) is 0.656. The molecule has 1 aliphatic rings. The van der Waals surface area contributed by atoms with E-state index in [0.717, 1.165) is 40.5 Å². The molecule has 1 fully saturated rings. The van der Waals surface area contributed by atoms with Gasteiger partial charge in [0.15, 0.2) is 5.82 Å². The van der Waals surface area contributed by atoms with Crippen molar-refractivity contribution in [2.75, 3.05) is 6.54 Å². The number of piperidine rings is 1. The zero-order valence-corrected chi connectivity index (χ0v) is 13.9. The van der Waals surface area contributed by atoms with Gasteiger partial charge in [-0.05, 0) is 60.4 Å². The summed E-state index contributed by atoms with van der Waals surface area (Å²) >= 11 is 2.24. The van der Waals surface area contributed by atoms with Gasteiger partial charge in [-0.1, -0.05) is 17.3 Å². The van der Waals surface area contributed by atoms with E-state index in [9.17, 15) is 4.79 Å². The van der Waals surface area contributed by atoms with Crippen LogP contribution >= 0.6 is 22.6 Å². The molecule has 1 atom stereocenters. The molecule has 2 heterocycles. The molecule has 0 unspecified atom stereocenters. The van der Waals surface area contributed by atoms with E-state index < -0.39 is 0 Å². The minimum Gasteiger partial charge on any atom is -0.343 e. The Bertz CT molecular complexity index is 642. The summed E-state index contributed by atoms with van der Waals surface area (Å²) in [7, 11) is 0. The van der Waals surface area contributed by atoms with Crippen molar-refractivity contribution < 1.29 is 9.32 Å². The third-order valence-corrected chi connectivity index (χ3v) is 5.29. The lowest BCUT2D eigenvalue weighted by molar-refractivity contribution is 0.0595. The third-order valence-electron chi connectivity index (χ3n) is 3.86. The van der Waals surface area contributed by atoms with Crippen LogP contribution in [0.2, 0.25) is 0 Å². The van der Waals surface area contributed by atoms with Crippen LogP contribution in [0.3, 0.4) is 0 Å². The van der Waals surface area contributed by atoms with Crippen molar-refractivity contribution in [3.05, 3.63) is 45.1 Å². The number of aryl methyl sites for hydroxylation is 1. The molecule has 0 spiro atoms. The van der Waals surface area contributed by atoms with Gasteiger partial charge in [-0.3, -0.25) is 4.79 Å². The van der Waals surface area contributed by atoms with Gasteiger partial charge in [0.25, 0.3) is 5.91 Å². The van der Waals surface area contributed by atoms with Crippen LogP contribution in [-0.2, 0) is 0 Å². The number of hydrogen-bond acceptors (Lipinski definition) is 4. The van der Waals surface area contributed by atoms with Crippen LogP contribution in [-0.4, -0.2) is 27.5 Å². The molecule has 3 rings (SSSR count). The molecule has 1 aliphatic heterocycles. The van der Waals surface area contributed by atoms with E-state index in [1.165, 1.54) is 6.39 Å². The first-order chi connectivity index (χ1) is 10.2. The van der Waals surface area contributed by atoms with Crippen LogP contribution in [0.15, 0.2) is 29.1 Å². The molecule has 1 aromatic carbocycles. The van der Waals surface area contributed by atoms with Crippen molar-refractivity contribution in [1.82, 2.24) is 15.0 Å². The molecular formula is C15H16IN3O2. The molecule has 110 valence electrons. The van der Waals surface area contributed by atoms with Crippen LogP contribution in [0.4, 0.5) is 0 Å². The molecule has 5 nitrogen and oxygen atoms in total. The van der Waals surface area contributed by atoms with E-state index in [1.54, 1.807) is 0 Å². The van der Waals surface area contributed by atoms with Crippen molar-refractivity contribution in [3.63, 3.8) is 0 Å². The maximum Gasteiger partial charge on any atom is 0.255 e. The lowest BCUT2D eigenvalue weighted by Crippen LogP contribution is -2.39. The monoisotopic (exact) mass is 397 g/mol. The number of hydrogen-bond donors (Lipinski definition) is 0. The van der Waals surface area contributed by atoms with Gasteiger partial charge in [0.1, 0.15) is 0 Å². The predicted molar refractivity (Wildman–Crippen MR) is 85.8 cm³/mol. The van der Waals surface area contributed by atoms with Crippen molar-refractivity contribution >= 4 is 28.5 Å². The highest BCUT2D eigenvalue weighted by atomic mass is 127. The average molecular weight is 397 g/mol. The zero-order chi connectivity index (χ0) is 14.8. The number of nitrogens with zero attached hydrogens (tertiary/aromatic N) is 3. The quantitative estimate of drug-likeness (QED) is 0.730. The molecule has 1 amide bonds. The molecule has 0 N–H and O–H groups in total. The first kappa shape index (κ1) is 14.5. The van der Waals surface area contributed by atoms with E-state index in [-0.39, 0.29) is 11.9 Å². The van der Waals surface area contributed by atoms with Crippen molar-refractivity contribution in [3.8, 4) is 0 Å². The fourth-order valence-corrected chi connectivity index (χ4v) is 3.33. The Morgan fingerprint density at radius 2 is 2.29 bits per heavy atom. The SMILES string of the molecule is Cc1cccc(C(=O)N2CCCC[C@@H]2c2ncon2)c1I. The van der Waals surface area contributed by atoms with Crippen molar-refractivity contribution in [2.24, 2.45) is 0 Å². The predicted octanol–water partition coefficient (Wildman–Crippen LogP) is 3.35. The normalized spacial score (nSPS) is 18.8. The summed E-state index contributed by atoms with van der Waals surface area (Å²) in [6, 6.07) is 5.75. The van der Waals surface area contributed by atoms with E-state index in [1.807, 2.05) is 30.0 Å². The van der Waals surface area contributed by atoms with Crippen LogP contribution in [0.1, 0.15) is 47.1 Å². The van der Waals surface area contributed by atoms with Gasteiger partial charge in [0.2, 0.25) is 6.39 Å². The number of rotatable bonds is 2. The Kier molecular flexibility index (Phi) is 4.23. The molecule has 0 bridgehead atoms. The number of carbonyl (C=O) groups excluding carboxylic acids is 1. The Hall–Kier alpha value is -1.44. The number of halogens is 1. The average Bonchev–Trinajstić information content (AvgIpc) is 3.03. The van der Waals surface area contributed by atoms with Crippen LogP contribution in [0.25, 0.3) is 0 Å². The standard InChI is InChI=1S/C15H16IN3O2/c1-10-5-4-6-11(13(10)16)15(20)19-8-3-2-7-12(19)14-17-9-21-18-14/h4-6,9,12H,2-3,7-8H2,1H3/t12-/m1/s1. The number of carbonyl (C=O) groups is 1. The third kappa shape index (κ3) is 2.81. The van der Waals surface area contributed by atoms with Gasteiger partial charge < -0.3 is 9.42 Å². The topological polar surface area (TPSA) is 59.2 Å². The Balaban J connectivity index is 1.93. The highest BCUT2D eigenvalue weighted by molar-refractivity contribution is 14.1. The molecule has 1 aromatic heterocycles. The molecular weight excluding hydrogens is 381 g/mol. The van der Waals surface area contributed by atoms with Gasteiger partial charge in [-0.25, -0.2) is 0 Å². The second kappa shape index (κ2) is 6.13. The lowest BCUT2D eigenvalue weighted by Gasteiger charge is -2.34. The van der Waals surface area contributed by atoms with Gasteiger partial charge in [-0.15, -0.1) is 0 Å². The van der Waals surface area contributed by atoms with E-state index in [2.05, 4.69) is 32.7 Å². The van der Waals surface area contributed by atoms with Gasteiger partial charge in [0.05, 0.1) is 11.6 Å². The molecule has 1 saturated heterocycles. The smallest absolute Gasteiger partial charge is 0.255 e. The van der Waals surface area contributed by atoms with Crippen molar-refractivity contribution in [1.29, 1.82) is 0 Å². The number of amides is 1. The number of aromatic nitrogens is 2. The number of benzene rings is 1. The van der Waals surface area contributed by atoms with Crippen LogP contribution < -0.4 is 0 Å². The maximum atomic E-state index is 12.9. The summed E-state index contributed by atoms with van der Waals surface area (Å²) in [5.41, 5.74) is 1.88. The fourth-order valence-electron chi connectivity index (χ4n) is 2.74. The number of likely N-dealkylation sites (tertiary alicyclic amines) is 1. The molecule has 0 aliphatic carbocycles. The van der Waals surface area contributed by atoms with Crippen LogP contribution in [0, 0.1) is 10.5 Å². The second-order valence-corrected chi connectivity index (χ2v) is 6.31. The molecule has 6 heteroatoms. The van der Waals surface area contributed by atoms with E-state index in [0.29, 0.717) is 5.82 Å². The summed E-state index contributed by atoms with van der Waals surface area (Å²) in [4.78, 5) is 18.9. The Labute approximate surface area is 136 Å². The summed E-state index contributed by atoms with van der Waals surface area (Å²) in [6.07, 6.45) is 4.30. The van der Waals surface area contributed by atoms with Gasteiger partial charge in [-0.2, -0.15) is 4.98 Å². The molecule has 2 aromatic rings. The summed E-state index contributed by atoms with van der Waals surface area (Å²) < 4.78 is 5.86. The Morgan fingerprint density at radius 1 is 1.43 bits per heavy atom. The van der Waals surface area contributed by atoms with Crippen LogP contribution in [0.5, 0.6) is 0 Å². The van der Waals surface area contributed by atoms with Gasteiger partial charge in [0, 0.05) is 10.1 Å². The minimum atomic E-state index is -0.0821. The largest absolute Gasteiger partial charge is 0.343 e. The highest BCUT2D eigenvalue weighted by Gasteiger charge is 2.32. The first-order valence-corrected chi connectivity index (χ1v) is 8.08. The summed E-state index contributed by atoms with van der Waals surface area (Å²) in [6.45, 7) is 2.76. The fraction of sp³-hybridized carbons (Fsp3) is 0.400. The minimum absolute atomic E-state index is 0.0533. The summed E-state index contributed by atoms with van der Waals surface area (Å²) in [5, 5.41) is 3.92. The van der Waals surface area contributed by atoms with E-state index in [4.69, 9.17) is 4.52 Å².